The third-order valence-corrected chi connectivity index (χ3v) is 4.42. The molecule has 21 heavy (non-hydrogen) atoms. The first kappa shape index (κ1) is 16.1. The van der Waals surface area contributed by atoms with Gasteiger partial charge in [-0.15, -0.1) is 0 Å². The van der Waals surface area contributed by atoms with E-state index in [0.29, 0.717) is 12.0 Å². The Morgan fingerprint density at radius 1 is 1.29 bits per heavy atom. The third-order valence-electron chi connectivity index (χ3n) is 3.93. The van der Waals surface area contributed by atoms with Gasteiger partial charge in [-0.2, -0.15) is 5.10 Å². The molecule has 0 spiro atoms. The lowest BCUT2D eigenvalue weighted by molar-refractivity contribution is 0.384. The molecule has 1 aromatic heterocycles. The number of hydrogen-bond donors (Lipinski definition) is 1. The van der Waals surface area contributed by atoms with E-state index in [4.69, 9.17) is 11.6 Å². The molecule has 1 heterocycles. The molecule has 0 amide bonds. The summed E-state index contributed by atoms with van der Waals surface area (Å²) in [6.07, 6.45) is 0.905. The first-order chi connectivity index (χ1) is 10.0. The van der Waals surface area contributed by atoms with Gasteiger partial charge in [-0.3, -0.25) is 4.68 Å². The molecule has 0 bridgehead atoms. The van der Waals surface area contributed by atoms with Gasteiger partial charge in [0.25, 0.3) is 0 Å². The Kier molecular flexibility index (Phi) is 5.43. The van der Waals surface area contributed by atoms with Crippen LogP contribution in [-0.4, -0.2) is 16.3 Å². The van der Waals surface area contributed by atoms with Crippen LogP contribution in [0, 0.1) is 12.8 Å². The molecule has 0 saturated heterocycles. The number of hydrogen-bond acceptors (Lipinski definition) is 2. The lowest BCUT2D eigenvalue weighted by atomic mass is 9.90. The molecule has 0 fully saturated rings. The summed E-state index contributed by atoms with van der Waals surface area (Å²) in [7, 11) is 1.96. The standard InChI is InChI=1S/C17H24ClN3/c1-5-19-17(14-9-7-6-8-10-14)12(2)11-15-16(18)13(3)20-21(15)4/h6-10,12,17,19H,5,11H2,1-4H3. The van der Waals surface area contributed by atoms with Crippen LogP contribution in [0.4, 0.5) is 0 Å². The van der Waals surface area contributed by atoms with Crippen LogP contribution in [0.1, 0.15) is 36.8 Å². The van der Waals surface area contributed by atoms with Crippen molar-refractivity contribution in [2.45, 2.75) is 33.2 Å². The van der Waals surface area contributed by atoms with E-state index in [1.807, 2.05) is 18.7 Å². The summed E-state index contributed by atoms with van der Waals surface area (Å²) in [6, 6.07) is 10.9. The Hall–Kier alpha value is -1.32. The molecule has 4 heteroatoms. The van der Waals surface area contributed by atoms with Gasteiger partial charge in [0.15, 0.2) is 0 Å². The normalized spacial score (nSPS) is 14.1. The summed E-state index contributed by atoms with van der Waals surface area (Å²) in [5.41, 5.74) is 3.34. The first-order valence-electron chi connectivity index (χ1n) is 7.50. The molecule has 2 unspecified atom stereocenters. The lowest BCUT2D eigenvalue weighted by Gasteiger charge is -2.25. The van der Waals surface area contributed by atoms with Gasteiger partial charge < -0.3 is 5.32 Å². The van der Waals surface area contributed by atoms with Crippen molar-refractivity contribution in [1.29, 1.82) is 0 Å². The van der Waals surface area contributed by atoms with E-state index >= 15 is 0 Å². The minimum atomic E-state index is 0.322. The maximum Gasteiger partial charge on any atom is 0.0847 e. The van der Waals surface area contributed by atoms with Crippen molar-refractivity contribution in [3.05, 3.63) is 52.3 Å². The summed E-state index contributed by atoms with van der Waals surface area (Å²) in [5.74, 6) is 0.430. The van der Waals surface area contributed by atoms with Crippen LogP contribution in [0.25, 0.3) is 0 Å². The molecule has 2 aromatic rings. The van der Waals surface area contributed by atoms with Crippen LogP contribution >= 0.6 is 11.6 Å². The van der Waals surface area contributed by atoms with Gasteiger partial charge in [0.2, 0.25) is 0 Å². The molecule has 0 aliphatic rings. The number of aromatic nitrogens is 2. The monoisotopic (exact) mass is 305 g/mol. The minimum Gasteiger partial charge on any atom is -0.310 e. The van der Waals surface area contributed by atoms with Crippen LogP contribution in [0.5, 0.6) is 0 Å². The molecule has 114 valence electrons. The molecule has 0 aliphatic carbocycles. The highest BCUT2D eigenvalue weighted by atomic mass is 35.5. The number of benzene rings is 1. The molecular formula is C17H24ClN3. The van der Waals surface area contributed by atoms with E-state index in [2.05, 4.69) is 54.6 Å². The topological polar surface area (TPSA) is 29.9 Å². The highest BCUT2D eigenvalue weighted by molar-refractivity contribution is 6.31. The quantitative estimate of drug-likeness (QED) is 0.877. The van der Waals surface area contributed by atoms with Crippen molar-refractivity contribution in [3.8, 4) is 0 Å². The van der Waals surface area contributed by atoms with Gasteiger partial charge in [0.1, 0.15) is 0 Å². The zero-order valence-corrected chi connectivity index (χ0v) is 14.0. The van der Waals surface area contributed by atoms with Crippen LogP contribution in [-0.2, 0) is 13.5 Å². The van der Waals surface area contributed by atoms with Gasteiger partial charge in [-0.1, -0.05) is 55.8 Å². The number of nitrogens with zero attached hydrogens (tertiary/aromatic N) is 2. The maximum absolute atomic E-state index is 6.38. The van der Waals surface area contributed by atoms with Crippen molar-refractivity contribution in [3.63, 3.8) is 0 Å². The average Bonchev–Trinajstić information content (AvgIpc) is 2.72. The summed E-state index contributed by atoms with van der Waals surface area (Å²) >= 11 is 6.38. The molecule has 1 aromatic carbocycles. The van der Waals surface area contributed by atoms with E-state index < -0.39 is 0 Å². The van der Waals surface area contributed by atoms with E-state index in [0.717, 1.165) is 29.4 Å². The Bertz CT molecular complexity index is 577. The maximum atomic E-state index is 6.38. The van der Waals surface area contributed by atoms with Crippen LogP contribution in [0.3, 0.4) is 0 Å². The van der Waals surface area contributed by atoms with Crippen LogP contribution in [0.2, 0.25) is 5.02 Å². The highest BCUT2D eigenvalue weighted by Gasteiger charge is 2.22. The van der Waals surface area contributed by atoms with Crippen molar-refractivity contribution in [2.75, 3.05) is 6.54 Å². The SMILES string of the molecule is CCNC(c1ccccc1)C(C)Cc1c(Cl)c(C)nn1C. The third kappa shape index (κ3) is 3.66. The molecule has 1 N–H and O–H groups in total. The minimum absolute atomic E-state index is 0.322. The second-order valence-electron chi connectivity index (χ2n) is 5.60. The fraction of sp³-hybridized carbons (Fsp3) is 0.471. The Morgan fingerprint density at radius 2 is 1.95 bits per heavy atom. The molecule has 2 atom stereocenters. The molecule has 0 radical (unpaired) electrons. The summed E-state index contributed by atoms with van der Waals surface area (Å²) in [4.78, 5) is 0. The lowest BCUT2D eigenvalue weighted by Crippen LogP contribution is -2.28. The smallest absolute Gasteiger partial charge is 0.0847 e. The van der Waals surface area contributed by atoms with Gasteiger partial charge in [0, 0.05) is 13.1 Å². The average molecular weight is 306 g/mol. The second kappa shape index (κ2) is 7.10. The van der Waals surface area contributed by atoms with E-state index in [-0.39, 0.29) is 0 Å². The summed E-state index contributed by atoms with van der Waals surface area (Å²) in [5, 5.41) is 8.80. The number of aryl methyl sites for hydroxylation is 2. The van der Waals surface area contributed by atoms with Gasteiger partial charge in [-0.25, -0.2) is 0 Å². The van der Waals surface area contributed by atoms with Crippen molar-refractivity contribution in [2.24, 2.45) is 13.0 Å². The van der Waals surface area contributed by atoms with Gasteiger partial charge in [0.05, 0.1) is 16.4 Å². The molecule has 0 aliphatic heterocycles. The Balaban J connectivity index is 2.21. The van der Waals surface area contributed by atoms with E-state index in [9.17, 15) is 0 Å². The zero-order valence-electron chi connectivity index (χ0n) is 13.2. The van der Waals surface area contributed by atoms with Crippen LogP contribution < -0.4 is 5.32 Å². The molecular weight excluding hydrogens is 282 g/mol. The zero-order chi connectivity index (χ0) is 15.4. The molecule has 3 nitrogen and oxygen atoms in total. The Morgan fingerprint density at radius 3 is 2.48 bits per heavy atom. The fourth-order valence-electron chi connectivity index (χ4n) is 2.85. The number of halogens is 1. The van der Waals surface area contributed by atoms with E-state index in [1.165, 1.54) is 5.56 Å². The number of nitrogens with one attached hydrogen (secondary N) is 1. The van der Waals surface area contributed by atoms with Crippen molar-refractivity contribution in [1.82, 2.24) is 15.1 Å². The fourth-order valence-corrected chi connectivity index (χ4v) is 3.09. The van der Waals surface area contributed by atoms with E-state index in [1.54, 1.807) is 0 Å². The predicted octanol–water partition coefficient (Wildman–Crippen LogP) is 3.91. The number of rotatable bonds is 6. The van der Waals surface area contributed by atoms with Crippen molar-refractivity contribution < 1.29 is 0 Å². The molecule has 0 saturated carbocycles. The predicted molar refractivity (Wildman–Crippen MR) is 88.7 cm³/mol. The largest absolute Gasteiger partial charge is 0.310 e. The van der Waals surface area contributed by atoms with Crippen molar-refractivity contribution >= 4 is 11.6 Å². The summed E-state index contributed by atoms with van der Waals surface area (Å²) < 4.78 is 1.90. The highest BCUT2D eigenvalue weighted by Crippen LogP contribution is 2.28. The van der Waals surface area contributed by atoms with Gasteiger partial charge >= 0.3 is 0 Å². The van der Waals surface area contributed by atoms with Gasteiger partial charge in [-0.05, 0) is 31.4 Å². The second-order valence-corrected chi connectivity index (χ2v) is 5.98. The first-order valence-corrected chi connectivity index (χ1v) is 7.88. The molecule has 2 rings (SSSR count). The Labute approximate surface area is 132 Å². The van der Waals surface area contributed by atoms with Crippen LogP contribution in [0.15, 0.2) is 30.3 Å². The summed E-state index contributed by atoms with van der Waals surface area (Å²) in [6.45, 7) is 7.31.